The molecular formula is C16H33N3. The van der Waals surface area contributed by atoms with Crippen LogP contribution in [-0.2, 0) is 0 Å². The lowest BCUT2D eigenvalue weighted by Gasteiger charge is -2.45. The molecule has 0 saturated carbocycles. The molecule has 2 rings (SSSR count). The Bertz CT molecular complexity index is 267. The van der Waals surface area contributed by atoms with E-state index >= 15 is 0 Å². The third-order valence-corrected chi connectivity index (χ3v) is 4.89. The van der Waals surface area contributed by atoms with Crippen molar-refractivity contribution in [3.05, 3.63) is 0 Å². The number of fused-ring (bicyclic) bond motifs is 1. The fraction of sp³-hybridized carbons (Fsp3) is 1.00. The van der Waals surface area contributed by atoms with Crippen LogP contribution >= 0.6 is 0 Å². The fourth-order valence-corrected chi connectivity index (χ4v) is 3.64. The highest BCUT2D eigenvalue weighted by molar-refractivity contribution is 4.92. The number of piperazine rings is 1. The molecule has 2 fully saturated rings. The van der Waals surface area contributed by atoms with Crippen LogP contribution in [-0.4, -0.2) is 60.6 Å². The second-order valence-corrected chi connectivity index (χ2v) is 7.07. The lowest BCUT2D eigenvalue weighted by atomic mass is 10.1. The summed E-state index contributed by atoms with van der Waals surface area (Å²) in [5, 5.41) is 3.64. The van der Waals surface area contributed by atoms with Crippen LogP contribution in [0.15, 0.2) is 0 Å². The predicted octanol–water partition coefficient (Wildman–Crippen LogP) is 2.18. The summed E-state index contributed by atoms with van der Waals surface area (Å²) in [6, 6.07) is 2.23. The highest BCUT2D eigenvalue weighted by atomic mass is 15.3. The minimum atomic E-state index is 0.671. The van der Waals surface area contributed by atoms with Gasteiger partial charge in [-0.3, -0.25) is 9.80 Å². The average Bonchev–Trinajstić information content (AvgIpc) is 2.80. The van der Waals surface area contributed by atoms with Crippen molar-refractivity contribution in [1.29, 1.82) is 0 Å². The molecule has 0 aromatic carbocycles. The second-order valence-electron chi connectivity index (χ2n) is 7.07. The zero-order chi connectivity index (χ0) is 13.8. The van der Waals surface area contributed by atoms with Gasteiger partial charge < -0.3 is 5.32 Å². The fourth-order valence-electron chi connectivity index (χ4n) is 3.64. The van der Waals surface area contributed by atoms with E-state index in [1.807, 2.05) is 0 Å². The molecule has 2 heterocycles. The van der Waals surface area contributed by atoms with Crippen LogP contribution in [0.3, 0.4) is 0 Å². The minimum absolute atomic E-state index is 0.671. The van der Waals surface area contributed by atoms with Crippen molar-refractivity contribution in [3.8, 4) is 0 Å². The summed E-state index contributed by atoms with van der Waals surface area (Å²) < 4.78 is 0. The van der Waals surface area contributed by atoms with Gasteiger partial charge in [-0.1, -0.05) is 13.8 Å². The summed E-state index contributed by atoms with van der Waals surface area (Å²) >= 11 is 0. The molecule has 2 saturated heterocycles. The zero-order valence-electron chi connectivity index (χ0n) is 13.4. The van der Waals surface area contributed by atoms with E-state index in [1.54, 1.807) is 0 Å². The largest absolute Gasteiger partial charge is 0.315 e. The topological polar surface area (TPSA) is 18.5 Å². The summed E-state index contributed by atoms with van der Waals surface area (Å²) in [5.41, 5.74) is 0. The SMILES string of the molecule is CC(C)CCNCC(C)N1CC2CCCN2CC1C. The molecule has 0 bridgehead atoms. The molecule has 112 valence electrons. The van der Waals surface area contributed by atoms with Gasteiger partial charge in [0.2, 0.25) is 0 Å². The van der Waals surface area contributed by atoms with Gasteiger partial charge in [-0.2, -0.15) is 0 Å². The highest BCUT2D eigenvalue weighted by Gasteiger charge is 2.35. The first-order valence-electron chi connectivity index (χ1n) is 8.28. The molecule has 3 unspecified atom stereocenters. The van der Waals surface area contributed by atoms with E-state index in [-0.39, 0.29) is 0 Å². The predicted molar refractivity (Wildman–Crippen MR) is 82.5 cm³/mol. The molecule has 0 amide bonds. The average molecular weight is 267 g/mol. The number of nitrogens with zero attached hydrogens (tertiary/aromatic N) is 2. The van der Waals surface area contributed by atoms with Crippen molar-refractivity contribution in [2.45, 2.75) is 65.1 Å². The van der Waals surface area contributed by atoms with Crippen LogP contribution in [0.25, 0.3) is 0 Å². The van der Waals surface area contributed by atoms with Gasteiger partial charge in [-0.15, -0.1) is 0 Å². The van der Waals surface area contributed by atoms with Crippen LogP contribution < -0.4 is 5.32 Å². The van der Waals surface area contributed by atoms with Gasteiger partial charge in [-0.25, -0.2) is 0 Å². The third kappa shape index (κ3) is 4.17. The Morgan fingerprint density at radius 3 is 2.74 bits per heavy atom. The third-order valence-electron chi connectivity index (χ3n) is 4.89. The highest BCUT2D eigenvalue weighted by Crippen LogP contribution is 2.25. The molecule has 19 heavy (non-hydrogen) atoms. The first kappa shape index (κ1) is 15.3. The summed E-state index contributed by atoms with van der Waals surface area (Å²) in [5.74, 6) is 0.809. The maximum absolute atomic E-state index is 3.64. The molecule has 3 heteroatoms. The zero-order valence-corrected chi connectivity index (χ0v) is 13.4. The normalized spacial score (nSPS) is 30.8. The van der Waals surface area contributed by atoms with Crippen molar-refractivity contribution in [3.63, 3.8) is 0 Å². The Balaban J connectivity index is 1.73. The van der Waals surface area contributed by atoms with Crippen LogP contribution in [0.2, 0.25) is 0 Å². The van der Waals surface area contributed by atoms with E-state index in [1.165, 1.54) is 45.4 Å². The van der Waals surface area contributed by atoms with Gasteiger partial charge in [0.05, 0.1) is 0 Å². The lowest BCUT2D eigenvalue weighted by molar-refractivity contribution is 0.0331. The summed E-state index contributed by atoms with van der Waals surface area (Å²) in [6.07, 6.45) is 4.11. The molecule has 0 spiro atoms. The van der Waals surface area contributed by atoms with Gasteiger partial charge in [-0.05, 0) is 52.1 Å². The molecule has 1 N–H and O–H groups in total. The maximum Gasteiger partial charge on any atom is 0.0224 e. The number of nitrogens with one attached hydrogen (secondary N) is 1. The molecule has 3 atom stereocenters. The minimum Gasteiger partial charge on any atom is -0.315 e. The smallest absolute Gasteiger partial charge is 0.0224 e. The number of hydrogen-bond donors (Lipinski definition) is 1. The van der Waals surface area contributed by atoms with Crippen molar-refractivity contribution >= 4 is 0 Å². The van der Waals surface area contributed by atoms with E-state index in [2.05, 4.69) is 42.8 Å². The van der Waals surface area contributed by atoms with E-state index in [0.29, 0.717) is 6.04 Å². The maximum atomic E-state index is 3.64. The van der Waals surface area contributed by atoms with Gasteiger partial charge in [0.25, 0.3) is 0 Å². The van der Waals surface area contributed by atoms with Gasteiger partial charge >= 0.3 is 0 Å². The molecular weight excluding hydrogens is 234 g/mol. The number of rotatable bonds is 6. The standard InChI is InChI=1S/C16H33N3/c1-13(2)7-8-17-10-14(3)19-12-16-6-5-9-18(16)11-15(19)4/h13-17H,5-12H2,1-4H3. The van der Waals surface area contributed by atoms with E-state index < -0.39 is 0 Å². The van der Waals surface area contributed by atoms with Crippen molar-refractivity contribution in [1.82, 2.24) is 15.1 Å². The first-order chi connectivity index (χ1) is 9.08. The van der Waals surface area contributed by atoms with Crippen LogP contribution in [0.4, 0.5) is 0 Å². The molecule has 2 aliphatic rings. The Kier molecular flexibility index (Phi) is 5.67. The van der Waals surface area contributed by atoms with E-state index in [9.17, 15) is 0 Å². The molecule has 2 aliphatic heterocycles. The summed E-state index contributed by atoms with van der Waals surface area (Å²) in [4.78, 5) is 5.44. The van der Waals surface area contributed by atoms with E-state index in [4.69, 9.17) is 0 Å². The molecule has 3 nitrogen and oxygen atoms in total. The van der Waals surface area contributed by atoms with Crippen LogP contribution in [0, 0.1) is 5.92 Å². The Morgan fingerprint density at radius 2 is 2.00 bits per heavy atom. The van der Waals surface area contributed by atoms with E-state index in [0.717, 1.165) is 24.5 Å². The Hall–Kier alpha value is -0.120. The van der Waals surface area contributed by atoms with Crippen LogP contribution in [0.5, 0.6) is 0 Å². The molecule has 0 aliphatic carbocycles. The van der Waals surface area contributed by atoms with Crippen molar-refractivity contribution in [2.24, 2.45) is 5.92 Å². The quantitative estimate of drug-likeness (QED) is 0.744. The van der Waals surface area contributed by atoms with Crippen molar-refractivity contribution in [2.75, 3.05) is 32.7 Å². The molecule has 0 aromatic heterocycles. The second kappa shape index (κ2) is 7.05. The summed E-state index contributed by atoms with van der Waals surface area (Å²) in [6.45, 7) is 15.6. The molecule has 0 radical (unpaired) electrons. The first-order valence-corrected chi connectivity index (χ1v) is 8.28. The van der Waals surface area contributed by atoms with Gasteiger partial charge in [0.15, 0.2) is 0 Å². The van der Waals surface area contributed by atoms with Gasteiger partial charge in [0.1, 0.15) is 0 Å². The Morgan fingerprint density at radius 1 is 1.21 bits per heavy atom. The number of hydrogen-bond acceptors (Lipinski definition) is 3. The van der Waals surface area contributed by atoms with Crippen molar-refractivity contribution < 1.29 is 0 Å². The van der Waals surface area contributed by atoms with Crippen LogP contribution in [0.1, 0.15) is 47.0 Å². The lowest BCUT2D eigenvalue weighted by Crippen LogP contribution is -2.59. The molecule has 0 aromatic rings. The Labute approximate surface area is 119 Å². The monoisotopic (exact) mass is 267 g/mol. The van der Waals surface area contributed by atoms with Gasteiger partial charge in [0, 0.05) is 37.8 Å². The summed E-state index contributed by atoms with van der Waals surface area (Å²) in [7, 11) is 0.